The molecule has 0 heterocycles. The zero-order valence-corrected chi connectivity index (χ0v) is 29.2. The zero-order valence-electron chi connectivity index (χ0n) is 28.3. The van der Waals surface area contributed by atoms with E-state index in [4.69, 9.17) is 0 Å². The smallest absolute Gasteiger partial charge is 0.0968 e. The molecule has 2 N–H and O–H groups in total. The lowest BCUT2D eigenvalue weighted by Gasteiger charge is -2.31. The molecule has 0 rings (SSSR count). The van der Waals surface area contributed by atoms with Gasteiger partial charge >= 0.3 is 0 Å². The van der Waals surface area contributed by atoms with Gasteiger partial charge in [0, 0.05) is 25.0 Å². The highest BCUT2D eigenvalue weighted by molar-refractivity contribution is 7.85. The summed E-state index contributed by atoms with van der Waals surface area (Å²) in [4.78, 5) is 0. The molecule has 5 heteroatoms. The largest absolute Gasteiger partial charge is 0.748 e. The van der Waals surface area contributed by atoms with Crippen molar-refractivity contribution in [3.8, 4) is 0 Å². The van der Waals surface area contributed by atoms with Gasteiger partial charge in [0.1, 0.15) is 0 Å². The van der Waals surface area contributed by atoms with Crippen molar-refractivity contribution in [2.24, 2.45) is 0 Å². The van der Waals surface area contributed by atoms with Crippen LogP contribution in [0.1, 0.15) is 213 Å². The summed E-state index contributed by atoms with van der Waals surface area (Å²) in [5.41, 5.74) is -0.0776. The first-order chi connectivity index (χ1) is 19.9. The fraction of sp³-hybridized carbons (Fsp3) is 1.00. The Morgan fingerprint density at radius 3 is 0.902 bits per heavy atom. The molecular formula is C36H75NO3S. The van der Waals surface area contributed by atoms with Crippen molar-refractivity contribution in [1.82, 2.24) is 0 Å². The van der Waals surface area contributed by atoms with Crippen LogP contribution in [-0.2, 0) is 10.1 Å². The molecule has 0 saturated heterocycles. The van der Waals surface area contributed by atoms with Gasteiger partial charge in [-0.05, 0) is 12.8 Å². The van der Waals surface area contributed by atoms with Crippen molar-refractivity contribution in [2.75, 3.05) is 12.8 Å². The lowest BCUT2D eigenvalue weighted by Crippen LogP contribution is -2.93. The van der Waals surface area contributed by atoms with E-state index < -0.39 is 10.1 Å². The highest BCUT2D eigenvalue weighted by Crippen LogP contribution is 2.24. The van der Waals surface area contributed by atoms with Gasteiger partial charge in [-0.2, -0.15) is 0 Å². The minimum Gasteiger partial charge on any atom is -0.748 e. The Kier molecular flexibility index (Phi) is 29.8. The summed E-state index contributed by atoms with van der Waals surface area (Å²) in [6.07, 6.45) is 40.4. The number of unbranched alkanes of at least 4 members (excludes halogenated alkanes) is 26. The van der Waals surface area contributed by atoms with Crippen molar-refractivity contribution in [1.29, 1.82) is 0 Å². The number of quaternary nitrogens is 1. The summed E-state index contributed by atoms with van der Waals surface area (Å²) in [7, 11) is -2.07. The predicted octanol–water partition coefficient (Wildman–Crippen LogP) is 10.6. The fourth-order valence-electron chi connectivity index (χ4n) is 6.48. The van der Waals surface area contributed by atoms with E-state index in [0.29, 0.717) is 6.42 Å². The molecule has 0 bridgehead atoms. The van der Waals surface area contributed by atoms with Crippen LogP contribution in [-0.4, -0.2) is 31.3 Å². The first-order valence-electron chi connectivity index (χ1n) is 18.6. The Labute approximate surface area is 259 Å². The highest BCUT2D eigenvalue weighted by Gasteiger charge is 2.31. The highest BCUT2D eigenvalue weighted by atomic mass is 32.2. The van der Waals surface area contributed by atoms with Gasteiger partial charge in [-0.3, -0.25) is 0 Å². The topological polar surface area (TPSA) is 73.8 Å². The quantitative estimate of drug-likeness (QED) is 0.0589. The first kappa shape index (κ1) is 40.9. The monoisotopic (exact) mass is 602 g/mol. The molecule has 0 saturated carbocycles. The summed E-state index contributed by atoms with van der Waals surface area (Å²) in [5.74, 6) is -0.214. The van der Waals surface area contributed by atoms with Gasteiger partial charge in [0.05, 0.1) is 22.7 Å². The van der Waals surface area contributed by atoms with Gasteiger partial charge in [-0.1, -0.05) is 181 Å². The van der Waals surface area contributed by atoms with Crippen LogP contribution in [0.4, 0.5) is 0 Å². The Hall–Kier alpha value is -0.130. The lowest BCUT2D eigenvalue weighted by molar-refractivity contribution is -0.706. The van der Waals surface area contributed by atoms with Crippen molar-refractivity contribution < 1.29 is 18.3 Å². The Bertz CT molecular complexity index is 590. The van der Waals surface area contributed by atoms with E-state index in [9.17, 15) is 13.0 Å². The number of nitrogens with two attached hydrogens (primary N) is 1. The molecule has 0 fully saturated rings. The van der Waals surface area contributed by atoms with E-state index >= 15 is 0 Å². The van der Waals surface area contributed by atoms with Crippen LogP contribution in [0.5, 0.6) is 0 Å². The third-order valence-electron chi connectivity index (χ3n) is 9.52. The van der Waals surface area contributed by atoms with Crippen molar-refractivity contribution >= 4 is 10.1 Å². The second-order valence-corrected chi connectivity index (χ2v) is 14.9. The normalized spacial score (nSPS) is 12.4. The number of hydrogen-bond acceptors (Lipinski definition) is 3. The van der Waals surface area contributed by atoms with Gasteiger partial charge in [-0.15, -0.1) is 0 Å². The molecule has 0 aliphatic rings. The number of hydrogen-bond donors (Lipinski definition) is 1. The van der Waals surface area contributed by atoms with E-state index in [0.717, 1.165) is 25.7 Å². The number of rotatable bonds is 34. The summed E-state index contributed by atoms with van der Waals surface area (Å²) < 4.78 is 34.3. The fourth-order valence-corrected chi connectivity index (χ4v) is 7.14. The Morgan fingerprint density at radius 2 is 0.683 bits per heavy atom. The van der Waals surface area contributed by atoms with Crippen LogP contribution >= 0.6 is 0 Å². The van der Waals surface area contributed by atoms with Crippen molar-refractivity contribution in [3.05, 3.63) is 0 Å². The average molecular weight is 602 g/mol. The lowest BCUT2D eigenvalue weighted by atomic mass is 9.84. The SMILES string of the molecule is CCCCCCCCCCCCCCCCC(CCCCCCCCCCCCCCCC)(CCS(=O)(=O)[O-])[NH2+]C. The maximum absolute atomic E-state index is 11.4. The van der Waals surface area contributed by atoms with E-state index in [1.54, 1.807) is 0 Å². The van der Waals surface area contributed by atoms with Gasteiger partial charge in [0.25, 0.3) is 0 Å². The van der Waals surface area contributed by atoms with Crippen LogP contribution in [0.3, 0.4) is 0 Å². The minimum atomic E-state index is -4.15. The van der Waals surface area contributed by atoms with Crippen molar-refractivity contribution in [3.63, 3.8) is 0 Å². The van der Waals surface area contributed by atoms with E-state index in [1.165, 1.54) is 167 Å². The molecular weight excluding hydrogens is 526 g/mol. The van der Waals surface area contributed by atoms with Gasteiger partial charge < -0.3 is 9.87 Å². The summed E-state index contributed by atoms with van der Waals surface area (Å²) in [6.45, 7) is 4.56. The van der Waals surface area contributed by atoms with E-state index in [1.807, 2.05) is 0 Å². The zero-order chi connectivity index (χ0) is 30.3. The molecule has 0 unspecified atom stereocenters. The van der Waals surface area contributed by atoms with Crippen LogP contribution in [0.25, 0.3) is 0 Å². The van der Waals surface area contributed by atoms with E-state index in [2.05, 4.69) is 26.2 Å². The Balaban J connectivity index is 3.99. The molecule has 41 heavy (non-hydrogen) atoms. The molecule has 4 nitrogen and oxygen atoms in total. The molecule has 0 amide bonds. The Morgan fingerprint density at radius 1 is 0.439 bits per heavy atom. The molecule has 0 aliphatic heterocycles. The second-order valence-electron chi connectivity index (χ2n) is 13.4. The molecule has 0 aromatic rings. The molecule has 0 radical (unpaired) electrons. The second kappa shape index (κ2) is 29.9. The first-order valence-corrected chi connectivity index (χ1v) is 20.2. The van der Waals surface area contributed by atoms with Crippen LogP contribution in [0.2, 0.25) is 0 Å². The predicted molar refractivity (Wildman–Crippen MR) is 180 cm³/mol. The molecule has 0 aromatic carbocycles. The maximum atomic E-state index is 11.4. The van der Waals surface area contributed by atoms with Gasteiger partial charge in [0.15, 0.2) is 0 Å². The molecule has 0 spiro atoms. The van der Waals surface area contributed by atoms with E-state index in [-0.39, 0.29) is 11.3 Å². The molecule has 0 aromatic heterocycles. The molecule has 248 valence electrons. The van der Waals surface area contributed by atoms with Crippen LogP contribution in [0, 0.1) is 0 Å². The van der Waals surface area contributed by atoms with Crippen molar-refractivity contribution in [2.45, 2.75) is 218 Å². The average Bonchev–Trinajstić information content (AvgIpc) is 2.95. The van der Waals surface area contributed by atoms with Gasteiger partial charge in [0.2, 0.25) is 0 Å². The maximum Gasteiger partial charge on any atom is 0.0968 e. The summed E-state index contributed by atoms with van der Waals surface area (Å²) >= 11 is 0. The van der Waals surface area contributed by atoms with Gasteiger partial charge in [-0.25, -0.2) is 8.42 Å². The summed E-state index contributed by atoms with van der Waals surface area (Å²) in [5, 5.41) is 2.24. The van der Waals surface area contributed by atoms with Crippen LogP contribution < -0.4 is 5.32 Å². The third kappa shape index (κ3) is 29.7. The molecule has 0 atom stereocenters. The third-order valence-corrected chi connectivity index (χ3v) is 10.2. The summed E-state index contributed by atoms with van der Waals surface area (Å²) in [6, 6.07) is 0. The minimum absolute atomic E-state index is 0.0776. The van der Waals surface area contributed by atoms with Crippen LogP contribution in [0.15, 0.2) is 0 Å². The molecule has 0 aliphatic carbocycles. The standard InChI is InChI=1S/C36H75NO3S/c1-4-6-8-10-12-14-16-18-20-22-24-26-28-30-32-36(37-3,34-35-41(38,39)40)33-31-29-27-25-23-21-19-17-15-13-11-9-7-5-2/h37H,4-35H2,1-3H3,(H,38,39,40).